The summed E-state index contributed by atoms with van der Waals surface area (Å²) in [6.45, 7) is 5.73. The number of nitrogens with one attached hydrogen (secondary N) is 1. The molecule has 9 heteroatoms. The third kappa shape index (κ3) is 3.77. The number of carbonyl (C=O) groups excluding carboxylic acids is 1. The lowest BCUT2D eigenvalue weighted by Gasteiger charge is -2.36. The predicted molar refractivity (Wildman–Crippen MR) is 143 cm³/mol. The lowest BCUT2D eigenvalue weighted by molar-refractivity contribution is 0.104. The van der Waals surface area contributed by atoms with E-state index >= 15 is 0 Å². The van der Waals surface area contributed by atoms with Crippen LogP contribution in [-0.4, -0.2) is 69.1 Å². The molecular weight excluding hydrogens is 484 g/mol. The van der Waals surface area contributed by atoms with E-state index in [2.05, 4.69) is 38.5 Å². The molecule has 1 aromatic heterocycles. The smallest absolute Gasteiger partial charge is 0.231 e. The minimum atomic E-state index is -0.0127. The van der Waals surface area contributed by atoms with Gasteiger partial charge in [0.1, 0.15) is 5.52 Å². The Kier molecular flexibility index (Phi) is 5.67. The monoisotopic (exact) mass is 512 g/mol. The normalized spacial score (nSPS) is 16.2. The zero-order valence-corrected chi connectivity index (χ0v) is 21.2. The zero-order chi connectivity index (χ0) is 25.6. The fourth-order valence-corrected chi connectivity index (χ4v) is 5.65. The van der Waals surface area contributed by atoms with Crippen LogP contribution in [-0.2, 0) is 11.3 Å². The van der Waals surface area contributed by atoms with Crippen molar-refractivity contribution in [2.45, 2.75) is 6.54 Å². The van der Waals surface area contributed by atoms with Gasteiger partial charge in [-0.15, -0.1) is 0 Å². The number of ether oxygens (including phenoxy) is 3. The van der Waals surface area contributed by atoms with Crippen molar-refractivity contribution < 1.29 is 23.5 Å². The number of hydrogen-bond acceptors (Lipinski definition) is 9. The van der Waals surface area contributed by atoms with Crippen molar-refractivity contribution in [1.29, 1.82) is 0 Å². The molecule has 1 saturated heterocycles. The molecule has 1 N–H and O–H groups in total. The Balaban J connectivity index is 1.19. The van der Waals surface area contributed by atoms with Crippen LogP contribution in [0.2, 0.25) is 0 Å². The maximum absolute atomic E-state index is 13.6. The summed E-state index contributed by atoms with van der Waals surface area (Å²) in [4.78, 5) is 18.4. The molecule has 0 bridgehead atoms. The summed E-state index contributed by atoms with van der Waals surface area (Å²) in [6, 6.07) is 15.8. The van der Waals surface area contributed by atoms with Crippen LogP contribution in [0.5, 0.6) is 11.5 Å². The number of anilines is 2. The summed E-state index contributed by atoms with van der Waals surface area (Å²) in [7, 11) is 1.67. The minimum absolute atomic E-state index is 0.0127. The van der Waals surface area contributed by atoms with Crippen molar-refractivity contribution in [1.82, 2.24) is 10.1 Å². The Hall–Kier alpha value is -4.08. The van der Waals surface area contributed by atoms with E-state index in [0.717, 1.165) is 72.1 Å². The second-order valence-corrected chi connectivity index (χ2v) is 9.80. The number of rotatable bonds is 7. The van der Waals surface area contributed by atoms with Gasteiger partial charge in [-0.05, 0) is 23.8 Å². The molecule has 3 heterocycles. The zero-order valence-electron chi connectivity index (χ0n) is 21.2. The average molecular weight is 513 g/mol. The number of hydrogen-bond donors (Lipinski definition) is 1. The second-order valence-electron chi connectivity index (χ2n) is 9.80. The summed E-state index contributed by atoms with van der Waals surface area (Å²) in [6.07, 6.45) is 0. The van der Waals surface area contributed by atoms with Gasteiger partial charge in [-0.2, -0.15) is 0 Å². The predicted octanol–water partition coefficient (Wildman–Crippen LogP) is 4.15. The number of piperazine rings is 1. The molecule has 9 nitrogen and oxygen atoms in total. The number of aromatic nitrogens is 1. The minimum Gasteiger partial charge on any atom is -0.454 e. The molecule has 3 aromatic carbocycles. The van der Waals surface area contributed by atoms with Crippen molar-refractivity contribution in [3.05, 3.63) is 65.2 Å². The van der Waals surface area contributed by atoms with E-state index in [-0.39, 0.29) is 12.6 Å². The van der Waals surface area contributed by atoms with Crippen LogP contribution in [0, 0.1) is 0 Å². The molecule has 0 unspecified atom stereocenters. The maximum Gasteiger partial charge on any atom is 0.231 e. The van der Waals surface area contributed by atoms with E-state index in [9.17, 15) is 4.79 Å². The molecule has 1 fully saturated rings. The molecule has 0 atom stereocenters. The largest absolute Gasteiger partial charge is 0.454 e. The van der Waals surface area contributed by atoms with Crippen LogP contribution in [0.25, 0.3) is 22.2 Å². The first-order chi connectivity index (χ1) is 18.7. The van der Waals surface area contributed by atoms with Crippen LogP contribution in [0.1, 0.15) is 21.5 Å². The van der Waals surface area contributed by atoms with E-state index in [1.54, 1.807) is 7.11 Å². The van der Waals surface area contributed by atoms with Gasteiger partial charge in [0, 0.05) is 63.2 Å². The Bertz CT molecular complexity index is 1540. The molecule has 194 valence electrons. The Morgan fingerprint density at radius 1 is 1.00 bits per heavy atom. The van der Waals surface area contributed by atoms with Gasteiger partial charge in [0.25, 0.3) is 0 Å². The molecule has 4 aromatic rings. The fourth-order valence-electron chi connectivity index (χ4n) is 5.65. The average Bonchev–Trinajstić information content (AvgIpc) is 3.60. The first-order valence-electron chi connectivity index (χ1n) is 12.9. The van der Waals surface area contributed by atoms with Gasteiger partial charge < -0.3 is 29.0 Å². The van der Waals surface area contributed by atoms with Gasteiger partial charge >= 0.3 is 0 Å². The number of benzene rings is 3. The van der Waals surface area contributed by atoms with Gasteiger partial charge in [0.2, 0.25) is 6.79 Å². The highest BCUT2D eigenvalue weighted by atomic mass is 16.7. The summed E-state index contributed by atoms with van der Waals surface area (Å²) in [5.41, 5.74) is 5.76. The quantitative estimate of drug-likeness (QED) is 0.323. The number of methoxy groups -OCH3 is 1. The first-order valence-corrected chi connectivity index (χ1v) is 12.9. The van der Waals surface area contributed by atoms with Crippen LogP contribution < -0.4 is 19.7 Å². The second kappa shape index (κ2) is 9.34. The lowest BCUT2D eigenvalue weighted by atomic mass is 9.86. The fraction of sp³-hybridized carbons (Fsp3) is 0.310. The topological polar surface area (TPSA) is 89.3 Å². The standard InChI is InChI=1S/C29H28N4O5/c1-35-13-8-30-21-15-22(27-26-25(21)28(34)19-4-2-3-5-20(19)29(26)38-31-27)33-11-9-32(10-12-33)16-18-6-7-23-24(14-18)37-17-36-23/h2-7,14-15,30H,8-13,16-17H2,1H3. The number of carbonyl (C=O) groups is 1. The van der Waals surface area contributed by atoms with Gasteiger partial charge in [-0.25, -0.2) is 0 Å². The van der Waals surface area contributed by atoms with E-state index in [0.29, 0.717) is 30.0 Å². The van der Waals surface area contributed by atoms with E-state index in [1.165, 1.54) is 5.56 Å². The van der Waals surface area contributed by atoms with Crippen molar-refractivity contribution in [3.63, 3.8) is 0 Å². The van der Waals surface area contributed by atoms with Crippen LogP contribution >= 0.6 is 0 Å². The molecule has 1 aliphatic carbocycles. The van der Waals surface area contributed by atoms with Gasteiger partial charge in [0.05, 0.1) is 23.2 Å². The molecule has 0 saturated carbocycles. The Morgan fingerprint density at radius 2 is 1.82 bits per heavy atom. The number of fused-ring (bicyclic) bond motifs is 3. The van der Waals surface area contributed by atoms with Crippen molar-refractivity contribution >= 4 is 28.1 Å². The summed E-state index contributed by atoms with van der Waals surface area (Å²) in [5, 5.41) is 8.72. The van der Waals surface area contributed by atoms with Crippen molar-refractivity contribution in [2.24, 2.45) is 0 Å². The first kappa shape index (κ1) is 23.1. The molecule has 0 spiro atoms. The van der Waals surface area contributed by atoms with E-state index < -0.39 is 0 Å². The number of ketones is 1. The van der Waals surface area contributed by atoms with Gasteiger partial charge in [-0.1, -0.05) is 35.5 Å². The van der Waals surface area contributed by atoms with E-state index in [4.69, 9.17) is 18.7 Å². The molecule has 2 aliphatic heterocycles. The summed E-state index contributed by atoms with van der Waals surface area (Å²) >= 11 is 0. The molecule has 38 heavy (non-hydrogen) atoms. The van der Waals surface area contributed by atoms with Gasteiger partial charge in [0.15, 0.2) is 23.0 Å². The molecule has 0 amide bonds. The van der Waals surface area contributed by atoms with Gasteiger partial charge in [-0.3, -0.25) is 9.69 Å². The van der Waals surface area contributed by atoms with Crippen LogP contribution in [0.4, 0.5) is 11.4 Å². The summed E-state index contributed by atoms with van der Waals surface area (Å²) < 4.78 is 22.1. The van der Waals surface area contributed by atoms with E-state index in [1.807, 2.05) is 30.3 Å². The molecule has 7 rings (SSSR count). The highest BCUT2D eigenvalue weighted by molar-refractivity contribution is 6.28. The highest BCUT2D eigenvalue weighted by Gasteiger charge is 2.34. The summed E-state index contributed by atoms with van der Waals surface area (Å²) in [5.74, 6) is 2.27. The third-order valence-corrected chi connectivity index (χ3v) is 7.56. The van der Waals surface area contributed by atoms with Crippen LogP contribution in [0.3, 0.4) is 0 Å². The highest BCUT2D eigenvalue weighted by Crippen LogP contribution is 2.46. The number of nitrogens with zero attached hydrogens (tertiary/aromatic N) is 3. The maximum atomic E-state index is 13.6. The Labute approximate surface area is 219 Å². The molecular formula is C29H28N4O5. The van der Waals surface area contributed by atoms with Crippen molar-refractivity contribution in [3.8, 4) is 22.8 Å². The SMILES string of the molecule is COCCNc1cc(N2CCN(Cc3ccc4c(c3)OCO4)CC2)c2noc3c2c1C(=O)c1ccccc1-3. The Morgan fingerprint density at radius 3 is 2.66 bits per heavy atom. The van der Waals surface area contributed by atoms with Crippen LogP contribution in [0.15, 0.2) is 53.1 Å². The molecule has 3 aliphatic rings. The molecule has 0 radical (unpaired) electrons. The lowest BCUT2D eigenvalue weighted by Crippen LogP contribution is -2.46. The third-order valence-electron chi connectivity index (χ3n) is 7.56. The van der Waals surface area contributed by atoms with Crippen molar-refractivity contribution in [2.75, 3.05) is 63.5 Å².